The topological polar surface area (TPSA) is 117 Å². The average Bonchev–Trinajstić information content (AvgIpc) is 3.38. The van der Waals surface area contributed by atoms with Gasteiger partial charge in [-0.05, 0) is 48.4 Å². The standard InChI is InChI=1S/C30H34F3N9O/c1-4-25-28(39-29(26(38-25)27(34)43)37-23-16-35-41(3)18-23)36-22-9-7-19(8-10-22)20-5-6-21(24(15-20)30(31,32)33)17-42-13-11-40(2)12-14-42/h5-10,15-16,18H,4,11-14,17H2,1-3H3,(H2,34,43)(H2,36,37,39). The van der Waals surface area contributed by atoms with Crippen LogP contribution in [0.25, 0.3) is 11.1 Å². The average molecular weight is 594 g/mol. The van der Waals surface area contributed by atoms with Crippen LogP contribution in [-0.4, -0.2) is 68.7 Å². The summed E-state index contributed by atoms with van der Waals surface area (Å²) in [5.41, 5.74) is 8.14. The molecule has 0 atom stereocenters. The van der Waals surface area contributed by atoms with Gasteiger partial charge in [0.2, 0.25) is 0 Å². The molecule has 4 aromatic rings. The first kappa shape index (κ1) is 30.0. The van der Waals surface area contributed by atoms with E-state index in [1.165, 1.54) is 6.07 Å². The highest BCUT2D eigenvalue weighted by molar-refractivity contribution is 5.96. The first-order valence-electron chi connectivity index (χ1n) is 13.9. The second kappa shape index (κ2) is 12.4. The Morgan fingerprint density at radius 1 is 0.930 bits per heavy atom. The van der Waals surface area contributed by atoms with E-state index in [9.17, 15) is 18.0 Å². The number of piperazine rings is 1. The van der Waals surface area contributed by atoms with E-state index in [1.54, 1.807) is 60.5 Å². The molecule has 0 saturated carbocycles. The van der Waals surface area contributed by atoms with Crippen LogP contribution in [0.3, 0.4) is 0 Å². The number of nitrogens with one attached hydrogen (secondary N) is 2. The summed E-state index contributed by atoms with van der Waals surface area (Å²) in [6, 6.07) is 11.6. The summed E-state index contributed by atoms with van der Waals surface area (Å²) in [7, 11) is 3.78. The first-order valence-corrected chi connectivity index (χ1v) is 13.9. The van der Waals surface area contributed by atoms with Gasteiger partial charge in [-0.3, -0.25) is 14.4 Å². The highest BCUT2D eigenvalue weighted by Crippen LogP contribution is 2.36. The van der Waals surface area contributed by atoms with E-state index < -0.39 is 17.6 Å². The van der Waals surface area contributed by atoms with Crippen LogP contribution in [0.5, 0.6) is 0 Å². The van der Waals surface area contributed by atoms with Gasteiger partial charge in [0.15, 0.2) is 17.3 Å². The first-order chi connectivity index (χ1) is 20.5. The van der Waals surface area contributed by atoms with Crippen LogP contribution in [-0.2, 0) is 26.2 Å². The van der Waals surface area contributed by atoms with Crippen molar-refractivity contribution >= 4 is 28.9 Å². The fourth-order valence-electron chi connectivity index (χ4n) is 4.99. The van der Waals surface area contributed by atoms with Gasteiger partial charge in [-0.25, -0.2) is 9.97 Å². The summed E-state index contributed by atoms with van der Waals surface area (Å²) in [5.74, 6) is -0.135. The number of nitrogens with two attached hydrogens (primary N) is 1. The number of anilines is 4. The Bertz CT molecular complexity index is 1590. The molecule has 43 heavy (non-hydrogen) atoms. The highest BCUT2D eigenvalue weighted by atomic mass is 19.4. The second-order valence-electron chi connectivity index (χ2n) is 10.6. The monoisotopic (exact) mass is 593 g/mol. The van der Waals surface area contributed by atoms with Crippen molar-refractivity contribution in [1.29, 1.82) is 0 Å². The van der Waals surface area contributed by atoms with E-state index in [2.05, 4.69) is 35.5 Å². The van der Waals surface area contributed by atoms with Crippen molar-refractivity contribution in [2.75, 3.05) is 43.9 Å². The van der Waals surface area contributed by atoms with Crippen LogP contribution in [0.2, 0.25) is 0 Å². The number of primary amides is 1. The molecular weight excluding hydrogens is 559 g/mol. The van der Waals surface area contributed by atoms with Crippen molar-refractivity contribution in [3.05, 3.63) is 77.4 Å². The number of likely N-dealkylation sites (N-methyl/N-ethyl adjacent to an activating group) is 1. The molecule has 1 saturated heterocycles. The third-order valence-electron chi connectivity index (χ3n) is 7.39. The van der Waals surface area contributed by atoms with Gasteiger partial charge in [0.05, 0.1) is 23.1 Å². The Hall–Kier alpha value is -4.49. The molecule has 0 spiro atoms. The molecule has 2 aromatic carbocycles. The maximum absolute atomic E-state index is 14.1. The fraction of sp³-hybridized carbons (Fsp3) is 0.333. The van der Waals surface area contributed by atoms with Gasteiger partial charge < -0.3 is 21.3 Å². The van der Waals surface area contributed by atoms with Crippen molar-refractivity contribution in [2.24, 2.45) is 12.8 Å². The van der Waals surface area contributed by atoms with Gasteiger partial charge in [-0.1, -0.05) is 31.2 Å². The van der Waals surface area contributed by atoms with Gasteiger partial charge in [0.25, 0.3) is 5.91 Å². The van der Waals surface area contributed by atoms with Gasteiger partial charge >= 0.3 is 6.18 Å². The molecule has 0 aliphatic carbocycles. The summed E-state index contributed by atoms with van der Waals surface area (Å²) < 4.78 is 43.9. The number of hydrogen-bond acceptors (Lipinski definition) is 8. The van der Waals surface area contributed by atoms with Gasteiger partial charge in [0.1, 0.15) is 0 Å². The Balaban J connectivity index is 1.38. The fourth-order valence-corrected chi connectivity index (χ4v) is 4.99. The molecule has 13 heteroatoms. The van der Waals surface area contributed by atoms with Crippen molar-refractivity contribution in [3.63, 3.8) is 0 Å². The number of hydrogen-bond donors (Lipinski definition) is 3. The zero-order valence-corrected chi connectivity index (χ0v) is 24.2. The molecule has 0 unspecified atom stereocenters. The Labute approximate surface area is 247 Å². The Morgan fingerprint density at radius 3 is 2.21 bits per heavy atom. The molecule has 4 N–H and O–H groups in total. The Kier molecular flexibility index (Phi) is 8.64. The minimum Gasteiger partial charge on any atom is -0.364 e. The lowest BCUT2D eigenvalue weighted by molar-refractivity contribution is -0.138. The third kappa shape index (κ3) is 7.12. The van der Waals surface area contributed by atoms with Crippen LogP contribution in [0, 0.1) is 0 Å². The molecule has 0 radical (unpaired) electrons. The van der Waals surface area contributed by atoms with Crippen molar-refractivity contribution in [1.82, 2.24) is 29.5 Å². The smallest absolute Gasteiger partial charge is 0.364 e. The molecule has 2 aromatic heterocycles. The molecule has 1 aliphatic heterocycles. The van der Waals surface area contributed by atoms with Crippen LogP contribution in [0.15, 0.2) is 54.9 Å². The van der Waals surface area contributed by atoms with Crippen molar-refractivity contribution in [2.45, 2.75) is 26.1 Å². The number of carbonyl (C=O) groups is 1. The number of nitrogens with zero attached hydrogens (tertiary/aromatic N) is 6. The lowest BCUT2D eigenvalue weighted by Crippen LogP contribution is -2.44. The van der Waals surface area contributed by atoms with E-state index in [1.807, 2.05) is 14.0 Å². The number of amides is 1. The molecule has 1 fully saturated rings. The number of aromatic nitrogens is 4. The number of aryl methyl sites for hydroxylation is 2. The van der Waals surface area contributed by atoms with Crippen molar-refractivity contribution < 1.29 is 18.0 Å². The Morgan fingerprint density at radius 2 is 1.60 bits per heavy atom. The number of carbonyl (C=O) groups excluding carboxylic acids is 1. The SMILES string of the molecule is CCc1nc(C(N)=O)c(Nc2cnn(C)c2)nc1Nc1ccc(-c2ccc(CN3CCN(C)CC3)c(C(F)(F)F)c2)cc1. The van der Waals surface area contributed by atoms with Gasteiger partial charge in [-0.15, -0.1) is 0 Å². The maximum Gasteiger partial charge on any atom is 0.416 e. The molecule has 0 bridgehead atoms. The zero-order chi connectivity index (χ0) is 30.7. The van der Waals surface area contributed by atoms with Crippen LogP contribution in [0.1, 0.15) is 34.2 Å². The van der Waals surface area contributed by atoms with Crippen LogP contribution < -0.4 is 16.4 Å². The highest BCUT2D eigenvalue weighted by Gasteiger charge is 2.34. The lowest BCUT2D eigenvalue weighted by Gasteiger charge is -2.33. The number of benzene rings is 2. The predicted molar refractivity (Wildman–Crippen MR) is 159 cm³/mol. The predicted octanol–water partition coefficient (Wildman–Crippen LogP) is 4.79. The number of rotatable bonds is 9. The van der Waals surface area contributed by atoms with E-state index in [-0.39, 0.29) is 23.6 Å². The summed E-state index contributed by atoms with van der Waals surface area (Å²) in [5, 5.41) is 10.4. The van der Waals surface area contributed by atoms with E-state index in [0.29, 0.717) is 40.4 Å². The molecular formula is C30H34F3N9O. The molecule has 3 heterocycles. The summed E-state index contributed by atoms with van der Waals surface area (Å²) in [4.78, 5) is 25.4. The summed E-state index contributed by atoms with van der Waals surface area (Å²) in [6.45, 7) is 5.29. The van der Waals surface area contributed by atoms with E-state index in [4.69, 9.17) is 5.73 Å². The number of alkyl halides is 3. The maximum atomic E-state index is 14.1. The van der Waals surface area contributed by atoms with E-state index in [0.717, 1.165) is 26.2 Å². The second-order valence-corrected chi connectivity index (χ2v) is 10.6. The molecule has 1 amide bonds. The quantitative estimate of drug-likeness (QED) is 0.254. The van der Waals surface area contributed by atoms with Crippen LogP contribution in [0.4, 0.5) is 36.2 Å². The van der Waals surface area contributed by atoms with Gasteiger partial charge in [0, 0.05) is 51.7 Å². The molecule has 10 nitrogen and oxygen atoms in total. The molecule has 226 valence electrons. The summed E-state index contributed by atoms with van der Waals surface area (Å²) in [6.07, 6.45) is -0.695. The minimum atomic E-state index is -4.47. The van der Waals surface area contributed by atoms with Gasteiger partial charge in [-0.2, -0.15) is 18.3 Å². The largest absolute Gasteiger partial charge is 0.416 e. The number of halogens is 3. The zero-order valence-electron chi connectivity index (χ0n) is 24.2. The summed E-state index contributed by atoms with van der Waals surface area (Å²) >= 11 is 0. The minimum absolute atomic E-state index is 0.00172. The molecule has 5 rings (SSSR count). The molecule has 1 aliphatic rings. The van der Waals surface area contributed by atoms with Crippen molar-refractivity contribution in [3.8, 4) is 11.1 Å². The van der Waals surface area contributed by atoms with Crippen LogP contribution >= 0.6 is 0 Å². The normalized spacial score (nSPS) is 14.6. The lowest BCUT2D eigenvalue weighted by atomic mass is 9.98. The third-order valence-corrected chi connectivity index (χ3v) is 7.39. The van der Waals surface area contributed by atoms with E-state index >= 15 is 0 Å².